The minimum absolute atomic E-state index is 0.586. The summed E-state index contributed by atoms with van der Waals surface area (Å²) in [7, 11) is 0. The summed E-state index contributed by atoms with van der Waals surface area (Å²) < 4.78 is 0. The van der Waals surface area contributed by atoms with Gasteiger partial charge in [-0.25, -0.2) is 0 Å². The molecule has 4 bridgehead atoms. The highest BCUT2D eigenvalue weighted by atomic mass is 14.9. The third-order valence-electron chi connectivity index (χ3n) is 7.52. The van der Waals surface area contributed by atoms with Crippen molar-refractivity contribution < 1.29 is 0 Å². The van der Waals surface area contributed by atoms with E-state index in [1.807, 2.05) is 5.57 Å². The molecule has 0 aromatic carbocycles. The largest absolute Gasteiger partial charge is 0.0822 e. The lowest BCUT2D eigenvalue weighted by molar-refractivity contribution is 0.0136. The van der Waals surface area contributed by atoms with E-state index in [2.05, 4.69) is 33.8 Å². The molecule has 5 aliphatic rings. The third kappa shape index (κ3) is 0.693. The standard InChI is InChI=1S/C16H24/c1-14(2)15(3,4)16(14)12-6-10-5-11(8-12)9-13(16)7-10/h5,10,12-13H,6-9H2,1-4H3. The SMILES string of the molecule is CC1(C)C(C)(C)C12C1CC3=CC(C1)CC2C3. The first-order chi connectivity index (χ1) is 7.41. The van der Waals surface area contributed by atoms with Gasteiger partial charge in [0.25, 0.3) is 0 Å². The van der Waals surface area contributed by atoms with Gasteiger partial charge in [0.05, 0.1) is 0 Å². The summed E-state index contributed by atoms with van der Waals surface area (Å²) in [5, 5.41) is 0. The summed E-state index contributed by atoms with van der Waals surface area (Å²) in [6, 6.07) is 0. The molecule has 3 saturated carbocycles. The van der Waals surface area contributed by atoms with Gasteiger partial charge in [-0.05, 0) is 59.7 Å². The molecule has 5 aliphatic carbocycles. The Bertz CT molecular complexity index is 362. The lowest BCUT2D eigenvalue weighted by atomic mass is 9.51. The molecule has 0 radical (unpaired) electrons. The Balaban J connectivity index is 1.87. The fraction of sp³-hybridized carbons (Fsp3) is 0.875. The molecule has 5 rings (SSSR count). The van der Waals surface area contributed by atoms with Gasteiger partial charge in [0.2, 0.25) is 0 Å². The number of allylic oxidation sites excluding steroid dienone is 2. The molecule has 2 unspecified atom stereocenters. The van der Waals surface area contributed by atoms with Crippen molar-refractivity contribution in [3.63, 3.8) is 0 Å². The molecule has 0 aromatic rings. The maximum absolute atomic E-state index is 2.63. The molecule has 3 fully saturated rings. The Morgan fingerprint density at radius 1 is 0.938 bits per heavy atom. The highest BCUT2D eigenvalue weighted by Gasteiger charge is 2.82. The van der Waals surface area contributed by atoms with E-state index in [0.717, 1.165) is 17.8 Å². The van der Waals surface area contributed by atoms with Crippen LogP contribution in [0.5, 0.6) is 0 Å². The van der Waals surface area contributed by atoms with Crippen molar-refractivity contribution >= 4 is 0 Å². The predicted octanol–water partition coefficient (Wildman–Crippen LogP) is 4.42. The first kappa shape index (κ1) is 9.74. The van der Waals surface area contributed by atoms with E-state index in [0.29, 0.717) is 16.2 Å². The Kier molecular flexibility index (Phi) is 1.40. The summed E-state index contributed by atoms with van der Waals surface area (Å²) in [5.41, 5.74) is 3.70. The van der Waals surface area contributed by atoms with Crippen molar-refractivity contribution in [2.45, 2.75) is 53.4 Å². The Hall–Kier alpha value is -0.260. The van der Waals surface area contributed by atoms with Crippen molar-refractivity contribution in [1.82, 2.24) is 0 Å². The van der Waals surface area contributed by atoms with E-state index >= 15 is 0 Å². The maximum atomic E-state index is 2.63. The van der Waals surface area contributed by atoms with Gasteiger partial charge in [0, 0.05) is 0 Å². The van der Waals surface area contributed by atoms with Gasteiger partial charge in [-0.1, -0.05) is 39.3 Å². The predicted molar refractivity (Wildman–Crippen MR) is 67.0 cm³/mol. The van der Waals surface area contributed by atoms with Crippen molar-refractivity contribution in [3.05, 3.63) is 11.6 Å². The molecule has 88 valence electrons. The van der Waals surface area contributed by atoms with E-state index in [1.165, 1.54) is 25.7 Å². The van der Waals surface area contributed by atoms with Gasteiger partial charge >= 0.3 is 0 Å². The lowest BCUT2D eigenvalue weighted by Gasteiger charge is -2.53. The molecule has 16 heavy (non-hydrogen) atoms. The van der Waals surface area contributed by atoms with Crippen molar-refractivity contribution in [3.8, 4) is 0 Å². The Morgan fingerprint density at radius 3 is 1.81 bits per heavy atom. The van der Waals surface area contributed by atoms with Gasteiger partial charge in [0.1, 0.15) is 0 Å². The van der Waals surface area contributed by atoms with Crippen LogP contribution in [0.3, 0.4) is 0 Å². The van der Waals surface area contributed by atoms with Gasteiger partial charge in [-0.2, -0.15) is 0 Å². The molecule has 0 saturated heterocycles. The molecule has 0 amide bonds. The first-order valence-corrected chi connectivity index (χ1v) is 7.11. The molecule has 0 heteroatoms. The average molecular weight is 216 g/mol. The van der Waals surface area contributed by atoms with E-state index in [-0.39, 0.29) is 0 Å². The second-order valence-electron chi connectivity index (χ2n) is 7.98. The minimum Gasteiger partial charge on any atom is -0.0822 e. The van der Waals surface area contributed by atoms with E-state index < -0.39 is 0 Å². The molecule has 1 spiro atoms. The normalized spacial score (nSPS) is 48.2. The number of hydrogen-bond donors (Lipinski definition) is 0. The van der Waals surface area contributed by atoms with E-state index in [4.69, 9.17) is 0 Å². The molecule has 0 N–H and O–H groups in total. The second kappa shape index (κ2) is 2.31. The van der Waals surface area contributed by atoms with E-state index in [1.54, 1.807) is 0 Å². The summed E-state index contributed by atoms with van der Waals surface area (Å²) in [4.78, 5) is 0. The van der Waals surface area contributed by atoms with E-state index in [9.17, 15) is 0 Å². The van der Waals surface area contributed by atoms with Gasteiger partial charge < -0.3 is 0 Å². The van der Waals surface area contributed by atoms with Crippen LogP contribution in [0.25, 0.3) is 0 Å². The number of hydrogen-bond acceptors (Lipinski definition) is 0. The third-order valence-corrected chi connectivity index (χ3v) is 7.52. The highest BCUT2D eigenvalue weighted by Crippen LogP contribution is 2.88. The summed E-state index contributed by atoms with van der Waals surface area (Å²) in [6.45, 7) is 10.2. The molecular formula is C16H24. The van der Waals surface area contributed by atoms with Crippen LogP contribution in [-0.2, 0) is 0 Å². The van der Waals surface area contributed by atoms with Gasteiger partial charge in [-0.15, -0.1) is 0 Å². The zero-order chi connectivity index (χ0) is 11.3. The fourth-order valence-electron chi connectivity index (χ4n) is 6.78. The fourth-order valence-corrected chi connectivity index (χ4v) is 6.78. The quantitative estimate of drug-likeness (QED) is 0.526. The maximum Gasteiger partial charge on any atom is -0.0121 e. The second-order valence-corrected chi connectivity index (χ2v) is 7.98. The summed E-state index contributed by atoms with van der Waals surface area (Å²) in [6.07, 6.45) is 8.53. The first-order valence-electron chi connectivity index (χ1n) is 7.11. The van der Waals surface area contributed by atoms with Crippen LogP contribution < -0.4 is 0 Å². The van der Waals surface area contributed by atoms with Crippen LogP contribution >= 0.6 is 0 Å². The molecule has 0 aromatic heterocycles. The van der Waals surface area contributed by atoms with Crippen LogP contribution in [0.4, 0.5) is 0 Å². The Labute approximate surface area is 99.5 Å². The van der Waals surface area contributed by atoms with Crippen LogP contribution in [0.2, 0.25) is 0 Å². The molecular weight excluding hydrogens is 192 g/mol. The van der Waals surface area contributed by atoms with Crippen LogP contribution in [0.15, 0.2) is 11.6 Å². The summed E-state index contributed by atoms with van der Waals surface area (Å²) >= 11 is 0. The van der Waals surface area contributed by atoms with Crippen molar-refractivity contribution in [1.29, 1.82) is 0 Å². The molecule has 2 atom stereocenters. The van der Waals surface area contributed by atoms with Crippen LogP contribution in [0.1, 0.15) is 53.4 Å². The van der Waals surface area contributed by atoms with Gasteiger partial charge in [0.15, 0.2) is 0 Å². The smallest absolute Gasteiger partial charge is 0.0121 e. The number of rotatable bonds is 0. The minimum atomic E-state index is 0.586. The Morgan fingerprint density at radius 2 is 1.44 bits per heavy atom. The van der Waals surface area contributed by atoms with Crippen molar-refractivity contribution in [2.75, 3.05) is 0 Å². The highest BCUT2D eigenvalue weighted by molar-refractivity contribution is 5.36. The van der Waals surface area contributed by atoms with Crippen molar-refractivity contribution in [2.24, 2.45) is 34.0 Å². The zero-order valence-corrected chi connectivity index (χ0v) is 11.1. The molecule has 0 aliphatic heterocycles. The topological polar surface area (TPSA) is 0 Å². The molecule has 0 heterocycles. The molecule has 0 nitrogen and oxygen atoms in total. The monoisotopic (exact) mass is 216 g/mol. The van der Waals surface area contributed by atoms with Crippen LogP contribution in [0, 0.1) is 34.0 Å². The lowest BCUT2D eigenvalue weighted by Crippen LogP contribution is -2.45. The van der Waals surface area contributed by atoms with Crippen LogP contribution in [-0.4, -0.2) is 0 Å². The average Bonchev–Trinajstić information content (AvgIpc) is 2.49. The zero-order valence-electron chi connectivity index (χ0n) is 11.1. The van der Waals surface area contributed by atoms with Gasteiger partial charge in [-0.3, -0.25) is 0 Å². The summed E-state index contributed by atoms with van der Waals surface area (Å²) in [5.74, 6) is 3.01.